The van der Waals surface area contributed by atoms with Gasteiger partial charge in [-0.15, -0.1) is 0 Å². The van der Waals surface area contributed by atoms with Gasteiger partial charge >= 0.3 is 0 Å². The van der Waals surface area contributed by atoms with Crippen molar-refractivity contribution in [2.24, 2.45) is 0 Å². The van der Waals surface area contributed by atoms with Crippen LogP contribution < -0.4 is 9.80 Å². The van der Waals surface area contributed by atoms with Crippen LogP contribution in [-0.4, -0.2) is 12.2 Å². The molecule has 5 aromatic carbocycles. The van der Waals surface area contributed by atoms with Crippen LogP contribution in [0.5, 0.6) is 0 Å². The summed E-state index contributed by atoms with van der Waals surface area (Å²) in [5, 5.41) is 9.35. The fourth-order valence-electron chi connectivity index (χ4n) is 4.71. The Labute approximate surface area is 252 Å². The van der Waals surface area contributed by atoms with Crippen molar-refractivity contribution >= 4 is 39.2 Å². The molecule has 0 saturated heterocycles. The number of anilines is 5. The lowest BCUT2D eigenvalue weighted by Crippen LogP contribution is -2.15. The van der Waals surface area contributed by atoms with Crippen molar-refractivity contribution in [1.29, 1.82) is 0 Å². The lowest BCUT2D eigenvalue weighted by molar-refractivity contribution is 0.399. The molecule has 0 aliphatic carbocycles. The number of fused-ring (bicyclic) bond motifs is 1. The molecule has 5 aromatic rings. The highest BCUT2D eigenvalue weighted by molar-refractivity contribution is 5.92. The maximum absolute atomic E-state index is 7.00. The number of nitrogens with zero attached hydrogens (tertiary/aromatic N) is 2. The fourth-order valence-corrected chi connectivity index (χ4v) is 4.71. The van der Waals surface area contributed by atoms with Gasteiger partial charge in [-0.3, -0.25) is 0 Å². The molecule has 0 radical (unpaired) electrons. The van der Waals surface area contributed by atoms with Crippen molar-refractivity contribution in [1.82, 2.24) is 0 Å². The van der Waals surface area contributed by atoms with Gasteiger partial charge in [0.25, 0.3) is 0 Å². The van der Waals surface area contributed by atoms with Crippen LogP contribution in [0.25, 0.3) is 10.8 Å². The van der Waals surface area contributed by atoms with Crippen LogP contribution in [-0.2, 0) is 0 Å². The SMILES string of the molecule is C=C/C=C(\C=C)N(c1ccc(C)cc1)c1ccc2cc(N(c3ccccc3)c3ccc(C)cc3)ccc2c1.CC.CO. The fraction of sp³-hybridized carbons (Fsp3) is 0.128. The van der Waals surface area contributed by atoms with Crippen LogP contribution in [0.4, 0.5) is 28.4 Å². The van der Waals surface area contributed by atoms with Crippen LogP contribution in [0, 0.1) is 13.8 Å². The van der Waals surface area contributed by atoms with Crippen LogP contribution >= 0.6 is 0 Å². The molecule has 0 aliphatic heterocycles. The molecule has 0 saturated carbocycles. The zero-order valence-corrected chi connectivity index (χ0v) is 25.5. The zero-order valence-electron chi connectivity index (χ0n) is 25.5. The van der Waals surface area contributed by atoms with E-state index in [0.29, 0.717) is 0 Å². The number of para-hydroxylation sites is 1. The largest absolute Gasteiger partial charge is 0.400 e. The van der Waals surface area contributed by atoms with Crippen LogP contribution in [0.15, 0.2) is 152 Å². The van der Waals surface area contributed by atoms with Crippen molar-refractivity contribution in [3.05, 3.63) is 163 Å². The first kappa shape index (κ1) is 31.7. The van der Waals surface area contributed by atoms with Gasteiger partial charge in [-0.1, -0.05) is 98.8 Å². The maximum Gasteiger partial charge on any atom is 0.0468 e. The second-order valence-corrected chi connectivity index (χ2v) is 9.42. The summed E-state index contributed by atoms with van der Waals surface area (Å²) >= 11 is 0. The summed E-state index contributed by atoms with van der Waals surface area (Å²) in [6.45, 7) is 16.2. The van der Waals surface area contributed by atoms with Crippen molar-refractivity contribution in [2.75, 3.05) is 16.9 Å². The van der Waals surface area contributed by atoms with Gasteiger partial charge in [-0.05, 0) is 97.4 Å². The number of allylic oxidation sites excluding steroid dienone is 3. The standard InChI is InChI=1S/C36H32N2.C2H6.CH4O/c1-5-10-31(6-2)37(33-19-13-27(3)14-20-33)35-23-17-30-26-36(24-18-29(30)25-35)38(32-11-8-7-9-12-32)34-21-15-28(4)16-22-34;2*1-2/h5-26H,1-2H2,3-4H3;1-2H3;2H,1H3/b31-10+;;. The third-order valence-corrected chi connectivity index (χ3v) is 6.68. The van der Waals surface area contributed by atoms with E-state index < -0.39 is 0 Å². The molecule has 42 heavy (non-hydrogen) atoms. The van der Waals surface area contributed by atoms with Crippen molar-refractivity contribution in [3.63, 3.8) is 0 Å². The van der Waals surface area contributed by atoms with Crippen LogP contribution in [0.2, 0.25) is 0 Å². The van der Waals surface area contributed by atoms with Gasteiger partial charge in [0.15, 0.2) is 0 Å². The Balaban J connectivity index is 0.00000116. The van der Waals surface area contributed by atoms with Gasteiger partial charge in [0.1, 0.15) is 0 Å². The molecule has 0 heterocycles. The van der Waals surface area contributed by atoms with Gasteiger partial charge in [-0.25, -0.2) is 0 Å². The Morgan fingerprint density at radius 2 is 1.02 bits per heavy atom. The molecular formula is C39H42N2O. The van der Waals surface area contributed by atoms with Gasteiger partial charge in [0.05, 0.1) is 0 Å². The highest BCUT2D eigenvalue weighted by atomic mass is 16.2. The quantitative estimate of drug-likeness (QED) is 0.193. The summed E-state index contributed by atoms with van der Waals surface area (Å²) < 4.78 is 0. The van der Waals surface area contributed by atoms with Gasteiger partial charge in [0.2, 0.25) is 0 Å². The van der Waals surface area contributed by atoms with E-state index in [2.05, 4.69) is 152 Å². The molecule has 0 fully saturated rings. The summed E-state index contributed by atoms with van der Waals surface area (Å²) in [5.41, 5.74) is 8.97. The second-order valence-electron chi connectivity index (χ2n) is 9.42. The summed E-state index contributed by atoms with van der Waals surface area (Å²) in [5.74, 6) is 0. The van der Waals surface area contributed by atoms with E-state index in [-0.39, 0.29) is 0 Å². The maximum atomic E-state index is 7.00. The van der Waals surface area contributed by atoms with Crippen molar-refractivity contribution < 1.29 is 5.11 Å². The third kappa shape index (κ3) is 7.45. The molecule has 0 bridgehead atoms. The van der Waals surface area contributed by atoms with E-state index in [0.717, 1.165) is 41.2 Å². The molecule has 1 N–H and O–H groups in total. The highest BCUT2D eigenvalue weighted by Gasteiger charge is 2.15. The molecule has 3 heteroatoms. The van der Waals surface area contributed by atoms with E-state index in [9.17, 15) is 0 Å². The number of aliphatic hydroxyl groups excluding tert-OH is 1. The average molecular weight is 555 g/mol. The van der Waals surface area contributed by atoms with Gasteiger partial charge in [-0.2, -0.15) is 0 Å². The van der Waals surface area contributed by atoms with E-state index >= 15 is 0 Å². The first-order chi connectivity index (χ1) is 20.6. The zero-order chi connectivity index (χ0) is 30.5. The normalized spacial score (nSPS) is 10.5. The summed E-state index contributed by atoms with van der Waals surface area (Å²) in [7, 11) is 1.00. The van der Waals surface area contributed by atoms with Crippen LogP contribution in [0.3, 0.4) is 0 Å². The molecular weight excluding hydrogens is 512 g/mol. The van der Waals surface area contributed by atoms with E-state index in [1.54, 1.807) is 6.08 Å². The first-order valence-electron chi connectivity index (χ1n) is 14.3. The smallest absolute Gasteiger partial charge is 0.0468 e. The highest BCUT2D eigenvalue weighted by Crippen LogP contribution is 2.38. The summed E-state index contributed by atoms with van der Waals surface area (Å²) in [6.07, 6.45) is 5.66. The predicted octanol–water partition coefficient (Wildman–Crippen LogP) is 11.0. The molecule has 0 unspecified atom stereocenters. The Hall–Kier alpha value is -4.86. The Bertz CT molecular complexity index is 1600. The minimum absolute atomic E-state index is 0.967. The average Bonchev–Trinajstić information content (AvgIpc) is 3.05. The molecule has 0 atom stereocenters. The summed E-state index contributed by atoms with van der Waals surface area (Å²) in [6, 6.07) is 41.0. The lowest BCUT2D eigenvalue weighted by Gasteiger charge is -2.27. The Morgan fingerprint density at radius 3 is 1.55 bits per heavy atom. The topological polar surface area (TPSA) is 26.7 Å². The third-order valence-electron chi connectivity index (χ3n) is 6.68. The molecule has 0 aliphatic rings. The van der Waals surface area contributed by atoms with Crippen LogP contribution in [0.1, 0.15) is 25.0 Å². The van der Waals surface area contributed by atoms with E-state index in [1.165, 1.54) is 21.9 Å². The van der Waals surface area contributed by atoms with Crippen molar-refractivity contribution in [2.45, 2.75) is 27.7 Å². The van der Waals surface area contributed by atoms with E-state index in [4.69, 9.17) is 5.11 Å². The van der Waals surface area contributed by atoms with Gasteiger partial charge < -0.3 is 14.9 Å². The second kappa shape index (κ2) is 15.8. The minimum atomic E-state index is 0.967. The number of hydrogen-bond donors (Lipinski definition) is 1. The minimum Gasteiger partial charge on any atom is -0.400 e. The molecule has 5 rings (SSSR count). The number of benzene rings is 5. The molecule has 214 valence electrons. The number of aryl methyl sites for hydroxylation is 2. The summed E-state index contributed by atoms with van der Waals surface area (Å²) in [4.78, 5) is 4.51. The molecule has 0 aromatic heterocycles. The Morgan fingerprint density at radius 1 is 0.571 bits per heavy atom. The monoisotopic (exact) mass is 554 g/mol. The number of hydrogen-bond acceptors (Lipinski definition) is 3. The number of aliphatic hydroxyl groups is 1. The van der Waals surface area contributed by atoms with Gasteiger partial charge in [0, 0.05) is 41.2 Å². The predicted molar refractivity (Wildman–Crippen MR) is 185 cm³/mol. The molecule has 0 spiro atoms. The van der Waals surface area contributed by atoms with Crippen molar-refractivity contribution in [3.8, 4) is 0 Å². The Kier molecular flexibility index (Phi) is 11.9. The number of rotatable bonds is 8. The molecule has 0 amide bonds. The lowest BCUT2D eigenvalue weighted by atomic mass is 10.1. The van der Waals surface area contributed by atoms with E-state index in [1.807, 2.05) is 26.0 Å². The molecule has 3 nitrogen and oxygen atoms in total. The first-order valence-corrected chi connectivity index (χ1v) is 14.3.